The third-order valence-corrected chi connectivity index (χ3v) is 1.18. The highest BCUT2D eigenvalue weighted by molar-refractivity contribution is 5.85. The molecule has 76 valence electrons. The van der Waals surface area contributed by atoms with E-state index in [9.17, 15) is 4.79 Å². The zero-order valence-corrected chi connectivity index (χ0v) is 7.98. The van der Waals surface area contributed by atoms with E-state index in [1.165, 1.54) is 14.0 Å². The van der Waals surface area contributed by atoms with E-state index in [0.29, 0.717) is 0 Å². The number of azide groups is 1. The fourth-order valence-electron chi connectivity index (χ4n) is 0.573. The zero-order valence-electron chi connectivity index (χ0n) is 7.17. The van der Waals surface area contributed by atoms with Gasteiger partial charge in [-0.05, 0) is 12.1 Å². The highest BCUT2D eigenvalue weighted by atomic mass is 35.5. The molecule has 0 spiro atoms. The van der Waals surface area contributed by atoms with Crippen molar-refractivity contribution in [2.45, 2.75) is 19.1 Å². The van der Waals surface area contributed by atoms with Crippen LogP contribution in [0.2, 0.25) is 0 Å². The summed E-state index contributed by atoms with van der Waals surface area (Å²) in [4.78, 5) is 13.2. The van der Waals surface area contributed by atoms with Crippen molar-refractivity contribution < 1.29 is 14.6 Å². The Bertz CT molecular complexity index is 204. The van der Waals surface area contributed by atoms with Gasteiger partial charge in [-0.15, -0.1) is 17.9 Å². The molecule has 13 heavy (non-hydrogen) atoms. The lowest BCUT2D eigenvalue weighted by molar-refractivity contribution is -0.145. The first-order valence-corrected chi connectivity index (χ1v) is 3.19. The molecule has 0 radical (unpaired) electrons. The molecule has 0 fully saturated rings. The molecular formula is C5H11ClN4O3. The normalized spacial score (nSPS) is 12.8. The number of hydrogen-bond donors (Lipinski definition) is 2. The summed E-state index contributed by atoms with van der Waals surface area (Å²) in [5.41, 5.74) is 10.0. The molecule has 0 aliphatic heterocycles. The molecule has 0 unspecified atom stereocenters. The van der Waals surface area contributed by atoms with Gasteiger partial charge in [0.1, 0.15) is 6.10 Å². The highest BCUT2D eigenvalue weighted by Gasteiger charge is 2.26. The fourth-order valence-corrected chi connectivity index (χ4v) is 0.573. The molecule has 7 nitrogen and oxygen atoms in total. The Balaban J connectivity index is 0. The number of methoxy groups -OCH3 is 1. The highest BCUT2D eigenvalue weighted by Crippen LogP contribution is 1.95. The van der Waals surface area contributed by atoms with Crippen LogP contribution in [0.4, 0.5) is 0 Å². The molecule has 8 heteroatoms. The second-order valence-corrected chi connectivity index (χ2v) is 2.06. The Morgan fingerprint density at radius 1 is 1.77 bits per heavy atom. The maximum Gasteiger partial charge on any atom is 0.354 e. The average molecular weight is 211 g/mol. The summed E-state index contributed by atoms with van der Waals surface area (Å²) in [5, 5.41) is 11.9. The number of carbonyl (C=O) groups is 1. The molecule has 0 aromatic carbocycles. The van der Waals surface area contributed by atoms with Crippen LogP contribution >= 0.6 is 12.4 Å². The Morgan fingerprint density at radius 2 is 2.31 bits per heavy atom. The van der Waals surface area contributed by atoms with E-state index in [1.54, 1.807) is 0 Å². The van der Waals surface area contributed by atoms with Gasteiger partial charge in [0.15, 0.2) is 0 Å². The summed E-state index contributed by atoms with van der Waals surface area (Å²) < 4.78 is 4.33. The Morgan fingerprint density at radius 3 is 2.62 bits per heavy atom. The number of ether oxygens (including phenoxy) is 1. The van der Waals surface area contributed by atoms with Gasteiger partial charge in [-0.1, -0.05) is 0 Å². The number of hydrogen-bond acceptors (Lipinski definition) is 4. The van der Waals surface area contributed by atoms with Gasteiger partial charge in [0.2, 0.25) is 6.04 Å². The van der Waals surface area contributed by atoms with Gasteiger partial charge in [-0.25, -0.2) is 10.2 Å². The molecular weight excluding hydrogens is 200 g/mol. The van der Waals surface area contributed by atoms with Gasteiger partial charge in [-0.2, -0.15) is 4.91 Å². The lowest BCUT2D eigenvalue weighted by Gasteiger charge is -2.12. The van der Waals surface area contributed by atoms with Crippen LogP contribution in [0.25, 0.3) is 10.4 Å². The van der Waals surface area contributed by atoms with Crippen LogP contribution in [-0.4, -0.2) is 30.3 Å². The lowest BCUT2D eigenvalue weighted by Crippen LogP contribution is -2.42. The van der Waals surface area contributed by atoms with Crippen LogP contribution < -0.4 is 5.43 Å². The first-order chi connectivity index (χ1) is 5.63. The maximum atomic E-state index is 10.8. The third kappa shape index (κ3) is 5.13. The number of aliphatic hydroxyl groups excluding tert-OH is 1. The molecule has 0 heterocycles. The number of rotatable bonds is 4. The minimum absolute atomic E-state index is 0. The maximum absolute atomic E-state index is 10.8. The van der Waals surface area contributed by atoms with Crippen molar-refractivity contribution in [3.05, 3.63) is 10.4 Å². The quantitative estimate of drug-likeness (QED) is 0.226. The van der Waals surface area contributed by atoms with Crippen LogP contribution in [0.3, 0.4) is 0 Å². The predicted octanol–water partition coefficient (Wildman–Crippen LogP) is 0.145. The molecule has 0 bridgehead atoms. The summed E-state index contributed by atoms with van der Waals surface area (Å²) in [6.45, 7) is 1.38. The van der Waals surface area contributed by atoms with Crippen molar-refractivity contribution in [3.8, 4) is 0 Å². The van der Waals surface area contributed by atoms with Crippen molar-refractivity contribution in [1.29, 1.82) is 0 Å². The smallest absolute Gasteiger partial charge is 0.354 e. The SMILES string of the molecule is COC(=O)[C@@H](NN=[N+]=[N-])[C@@H](C)O.Cl. The number of aliphatic hydroxyl groups is 1. The number of nitrogens with zero attached hydrogens (tertiary/aromatic N) is 3. The van der Waals surface area contributed by atoms with E-state index in [2.05, 4.69) is 20.3 Å². The van der Waals surface area contributed by atoms with Crippen molar-refractivity contribution in [3.63, 3.8) is 0 Å². The van der Waals surface area contributed by atoms with Crippen molar-refractivity contribution in [1.82, 2.24) is 5.43 Å². The van der Waals surface area contributed by atoms with Gasteiger partial charge in [0, 0.05) is 0 Å². The summed E-state index contributed by atoms with van der Waals surface area (Å²) in [6, 6.07) is -1.02. The van der Waals surface area contributed by atoms with Crippen LogP contribution in [0, 0.1) is 0 Å². The van der Waals surface area contributed by atoms with Crippen molar-refractivity contribution in [2.24, 2.45) is 5.22 Å². The van der Waals surface area contributed by atoms with Gasteiger partial charge in [0.25, 0.3) is 0 Å². The van der Waals surface area contributed by atoms with E-state index in [4.69, 9.17) is 10.6 Å². The molecule has 2 N–H and O–H groups in total. The fraction of sp³-hybridized carbons (Fsp3) is 0.800. The molecule has 0 aliphatic rings. The van der Waals surface area contributed by atoms with Gasteiger partial charge >= 0.3 is 5.97 Å². The third-order valence-electron chi connectivity index (χ3n) is 1.18. The zero-order chi connectivity index (χ0) is 9.56. The van der Waals surface area contributed by atoms with Gasteiger partial charge in [-0.3, -0.25) is 0 Å². The molecule has 0 saturated carbocycles. The molecule has 0 aliphatic carbocycles. The molecule has 0 saturated heterocycles. The van der Waals surface area contributed by atoms with Crippen LogP contribution in [0.1, 0.15) is 6.92 Å². The van der Waals surface area contributed by atoms with E-state index >= 15 is 0 Å². The summed E-state index contributed by atoms with van der Waals surface area (Å²) in [6.07, 6.45) is -0.983. The number of carbonyl (C=O) groups excluding carboxylic acids is 1. The molecule has 0 rings (SSSR count). The van der Waals surface area contributed by atoms with E-state index in [0.717, 1.165) is 0 Å². The Labute approximate surface area is 81.1 Å². The van der Waals surface area contributed by atoms with E-state index in [1.807, 2.05) is 0 Å². The van der Waals surface area contributed by atoms with E-state index < -0.39 is 18.1 Å². The topological polar surface area (TPSA) is 107 Å². The lowest BCUT2D eigenvalue weighted by atomic mass is 10.2. The first-order valence-electron chi connectivity index (χ1n) is 3.19. The predicted molar refractivity (Wildman–Crippen MR) is 47.0 cm³/mol. The first kappa shape index (κ1) is 14.4. The minimum atomic E-state index is -1.02. The number of esters is 1. The number of nitrogens with one attached hydrogen (secondary N) is 1. The van der Waals surface area contributed by atoms with Crippen LogP contribution in [0.15, 0.2) is 5.22 Å². The van der Waals surface area contributed by atoms with Crippen molar-refractivity contribution >= 4 is 18.4 Å². The molecule has 0 amide bonds. The molecule has 2 atom stereocenters. The monoisotopic (exact) mass is 210 g/mol. The van der Waals surface area contributed by atoms with Crippen LogP contribution in [0.5, 0.6) is 0 Å². The second kappa shape index (κ2) is 7.48. The second-order valence-electron chi connectivity index (χ2n) is 2.06. The molecule has 0 aromatic rings. The van der Waals surface area contributed by atoms with Crippen LogP contribution in [-0.2, 0) is 9.53 Å². The molecule has 0 aromatic heterocycles. The largest absolute Gasteiger partial charge is 0.466 e. The summed E-state index contributed by atoms with van der Waals surface area (Å²) in [7, 11) is 1.18. The van der Waals surface area contributed by atoms with Gasteiger partial charge in [0.05, 0.1) is 7.11 Å². The van der Waals surface area contributed by atoms with E-state index in [-0.39, 0.29) is 12.4 Å². The summed E-state index contributed by atoms with van der Waals surface area (Å²) in [5.74, 6) is -0.683. The Kier molecular flexibility index (Phi) is 8.26. The number of halogens is 1. The minimum Gasteiger partial charge on any atom is -0.466 e. The van der Waals surface area contributed by atoms with Gasteiger partial charge < -0.3 is 9.84 Å². The average Bonchev–Trinajstić information content (AvgIpc) is 2.04. The Hall–Kier alpha value is -1.17. The standard InChI is InChI=1S/C5H10N4O3.ClH/c1-3(10)4(5(11)12-2)7-9-8-6;/h3-4,7,10H,1-2H3;1H/t3-,4+;/m1./s1. The van der Waals surface area contributed by atoms with Crippen molar-refractivity contribution in [2.75, 3.05) is 7.11 Å². The summed E-state index contributed by atoms with van der Waals surface area (Å²) >= 11 is 0.